The lowest BCUT2D eigenvalue weighted by Gasteiger charge is -2.14. The number of carbonyl (C=O) groups excluding carboxylic acids is 1. The predicted octanol–water partition coefficient (Wildman–Crippen LogP) is 4.74. The first kappa shape index (κ1) is 18.8. The zero-order valence-corrected chi connectivity index (χ0v) is 15.1. The maximum Gasteiger partial charge on any atom is 0.220 e. The largest absolute Gasteiger partial charge is 0.441 e. The molecule has 1 N–H and O–H groups in total. The Hall–Kier alpha value is -3.02. The quantitative estimate of drug-likeness (QED) is 0.682. The van der Waals surface area contributed by atoms with Crippen molar-refractivity contribution in [3.63, 3.8) is 0 Å². The number of hydrogen-bond acceptors (Lipinski definition) is 3. The lowest BCUT2D eigenvalue weighted by Crippen LogP contribution is -2.27. The molecule has 0 saturated carbocycles. The highest BCUT2D eigenvalue weighted by Crippen LogP contribution is 2.21. The molecule has 3 aromatic rings. The molecule has 0 aliphatic carbocycles. The molecule has 3 rings (SSSR count). The van der Waals surface area contributed by atoms with E-state index >= 15 is 0 Å². The lowest BCUT2D eigenvalue weighted by molar-refractivity contribution is -0.121. The molecule has 1 amide bonds. The minimum atomic E-state index is -0.933. The molecule has 1 atom stereocenters. The van der Waals surface area contributed by atoms with E-state index in [2.05, 4.69) is 10.3 Å². The summed E-state index contributed by atoms with van der Waals surface area (Å²) in [6.07, 6.45) is 2.17. The summed E-state index contributed by atoms with van der Waals surface area (Å²) in [6.45, 7) is 3.72. The number of aromatic nitrogens is 1. The molecule has 0 radical (unpaired) electrons. The SMILES string of the molecule is Cc1ccc(-c2cnc(CCC(=O)NC(C)c3ccc(F)c(F)c3)o2)cc1. The fraction of sp³-hybridized carbons (Fsp3) is 0.238. The van der Waals surface area contributed by atoms with Crippen LogP contribution in [0.4, 0.5) is 8.78 Å². The van der Waals surface area contributed by atoms with Crippen molar-refractivity contribution in [2.24, 2.45) is 0 Å². The number of nitrogens with one attached hydrogen (secondary N) is 1. The van der Waals surface area contributed by atoms with Crippen LogP contribution in [0.25, 0.3) is 11.3 Å². The van der Waals surface area contributed by atoms with Crippen molar-refractivity contribution < 1.29 is 18.0 Å². The molecule has 4 nitrogen and oxygen atoms in total. The predicted molar refractivity (Wildman–Crippen MR) is 97.9 cm³/mol. The maximum atomic E-state index is 13.3. The number of hydrogen-bond donors (Lipinski definition) is 1. The van der Waals surface area contributed by atoms with Crippen LogP contribution in [0.2, 0.25) is 0 Å². The average molecular weight is 370 g/mol. The van der Waals surface area contributed by atoms with Gasteiger partial charge in [0.1, 0.15) is 0 Å². The van der Waals surface area contributed by atoms with E-state index in [1.54, 1.807) is 13.1 Å². The fourth-order valence-electron chi connectivity index (χ4n) is 2.68. The van der Waals surface area contributed by atoms with Gasteiger partial charge in [0, 0.05) is 18.4 Å². The van der Waals surface area contributed by atoms with E-state index < -0.39 is 17.7 Å². The number of benzene rings is 2. The molecule has 0 saturated heterocycles. The third-order valence-corrected chi connectivity index (χ3v) is 4.28. The fourth-order valence-corrected chi connectivity index (χ4v) is 2.68. The summed E-state index contributed by atoms with van der Waals surface area (Å²) in [7, 11) is 0. The summed E-state index contributed by atoms with van der Waals surface area (Å²) >= 11 is 0. The first-order valence-corrected chi connectivity index (χ1v) is 8.68. The van der Waals surface area contributed by atoms with Gasteiger partial charge in [-0.2, -0.15) is 0 Å². The van der Waals surface area contributed by atoms with E-state index in [4.69, 9.17) is 4.42 Å². The number of aryl methyl sites for hydroxylation is 2. The molecule has 2 aromatic carbocycles. The zero-order chi connectivity index (χ0) is 19.4. The summed E-state index contributed by atoms with van der Waals surface area (Å²) in [5.74, 6) is -0.938. The number of rotatable bonds is 6. The molecule has 0 aliphatic heterocycles. The summed E-state index contributed by atoms with van der Waals surface area (Å²) in [4.78, 5) is 16.3. The Morgan fingerprint density at radius 2 is 1.89 bits per heavy atom. The van der Waals surface area contributed by atoms with Crippen LogP contribution >= 0.6 is 0 Å². The van der Waals surface area contributed by atoms with Crippen LogP contribution in [0.1, 0.15) is 36.4 Å². The van der Waals surface area contributed by atoms with Crippen LogP contribution in [0, 0.1) is 18.6 Å². The molecule has 1 aromatic heterocycles. The van der Waals surface area contributed by atoms with Gasteiger partial charge in [0.2, 0.25) is 5.91 Å². The molecule has 0 spiro atoms. The van der Waals surface area contributed by atoms with Crippen LogP contribution in [0.5, 0.6) is 0 Å². The molecule has 0 fully saturated rings. The van der Waals surface area contributed by atoms with E-state index in [1.165, 1.54) is 6.07 Å². The third kappa shape index (κ3) is 4.78. The van der Waals surface area contributed by atoms with Gasteiger partial charge in [-0.1, -0.05) is 35.9 Å². The van der Waals surface area contributed by atoms with Gasteiger partial charge in [-0.25, -0.2) is 13.8 Å². The van der Waals surface area contributed by atoms with Gasteiger partial charge in [-0.05, 0) is 31.5 Å². The molecular weight excluding hydrogens is 350 g/mol. The van der Waals surface area contributed by atoms with Crippen LogP contribution in [-0.2, 0) is 11.2 Å². The molecule has 6 heteroatoms. The minimum Gasteiger partial charge on any atom is -0.441 e. The Kier molecular flexibility index (Phi) is 5.64. The minimum absolute atomic E-state index is 0.182. The second-order valence-electron chi connectivity index (χ2n) is 6.45. The van der Waals surface area contributed by atoms with Crippen molar-refractivity contribution in [3.8, 4) is 11.3 Å². The van der Waals surface area contributed by atoms with Crippen molar-refractivity contribution in [1.82, 2.24) is 10.3 Å². The van der Waals surface area contributed by atoms with Crippen molar-refractivity contribution in [2.75, 3.05) is 0 Å². The maximum absolute atomic E-state index is 13.3. The van der Waals surface area contributed by atoms with Gasteiger partial charge in [0.15, 0.2) is 23.3 Å². The second kappa shape index (κ2) is 8.12. The van der Waals surface area contributed by atoms with Crippen LogP contribution in [-0.4, -0.2) is 10.9 Å². The molecule has 1 heterocycles. The standard InChI is InChI=1S/C21H20F2N2O2/c1-13-3-5-15(6-4-13)19-12-24-21(27-19)10-9-20(26)25-14(2)16-7-8-17(22)18(23)11-16/h3-8,11-12,14H,9-10H2,1-2H3,(H,25,26). The average Bonchev–Trinajstić information content (AvgIpc) is 3.12. The van der Waals surface area contributed by atoms with E-state index in [0.717, 1.165) is 23.3 Å². The van der Waals surface area contributed by atoms with Crippen molar-refractivity contribution in [1.29, 1.82) is 0 Å². The molecule has 27 heavy (non-hydrogen) atoms. The molecule has 140 valence electrons. The molecular formula is C21H20F2N2O2. The van der Waals surface area contributed by atoms with Crippen molar-refractivity contribution in [2.45, 2.75) is 32.7 Å². The number of nitrogens with zero attached hydrogens (tertiary/aromatic N) is 1. The number of halogens is 2. The van der Waals surface area contributed by atoms with Crippen LogP contribution in [0.3, 0.4) is 0 Å². The van der Waals surface area contributed by atoms with Gasteiger partial charge in [0.25, 0.3) is 0 Å². The van der Waals surface area contributed by atoms with E-state index in [1.807, 2.05) is 31.2 Å². The van der Waals surface area contributed by atoms with Gasteiger partial charge in [-0.3, -0.25) is 4.79 Å². The summed E-state index contributed by atoms with van der Waals surface area (Å²) in [5.41, 5.74) is 2.58. The number of carbonyl (C=O) groups is 1. The summed E-state index contributed by atoms with van der Waals surface area (Å²) < 4.78 is 32.0. The molecule has 0 aliphatic rings. The molecule has 1 unspecified atom stereocenters. The third-order valence-electron chi connectivity index (χ3n) is 4.28. The van der Waals surface area contributed by atoms with Crippen LogP contribution in [0.15, 0.2) is 53.1 Å². The Balaban J connectivity index is 1.54. The summed E-state index contributed by atoms with van der Waals surface area (Å²) in [6, 6.07) is 11.0. The Morgan fingerprint density at radius 3 is 2.59 bits per heavy atom. The Bertz CT molecular complexity index is 936. The topological polar surface area (TPSA) is 55.1 Å². The van der Waals surface area contributed by atoms with E-state index in [-0.39, 0.29) is 12.3 Å². The smallest absolute Gasteiger partial charge is 0.220 e. The monoisotopic (exact) mass is 370 g/mol. The first-order valence-electron chi connectivity index (χ1n) is 8.68. The van der Waals surface area contributed by atoms with E-state index in [0.29, 0.717) is 23.6 Å². The first-order chi connectivity index (χ1) is 12.9. The zero-order valence-electron chi connectivity index (χ0n) is 15.1. The summed E-state index contributed by atoms with van der Waals surface area (Å²) in [5, 5.41) is 2.76. The Labute approximate surface area is 156 Å². The van der Waals surface area contributed by atoms with Crippen LogP contribution < -0.4 is 5.32 Å². The van der Waals surface area contributed by atoms with E-state index in [9.17, 15) is 13.6 Å². The van der Waals surface area contributed by atoms with Gasteiger partial charge < -0.3 is 9.73 Å². The highest BCUT2D eigenvalue weighted by molar-refractivity contribution is 5.76. The number of amides is 1. The lowest BCUT2D eigenvalue weighted by atomic mass is 10.1. The Morgan fingerprint density at radius 1 is 1.15 bits per heavy atom. The number of oxazole rings is 1. The van der Waals surface area contributed by atoms with Crippen molar-refractivity contribution in [3.05, 3.63) is 77.3 Å². The van der Waals surface area contributed by atoms with Gasteiger partial charge in [0.05, 0.1) is 12.2 Å². The highest BCUT2D eigenvalue weighted by Gasteiger charge is 2.13. The van der Waals surface area contributed by atoms with Gasteiger partial charge >= 0.3 is 0 Å². The molecule has 0 bridgehead atoms. The normalized spacial score (nSPS) is 12.0. The highest BCUT2D eigenvalue weighted by atomic mass is 19.2. The van der Waals surface area contributed by atoms with Crippen molar-refractivity contribution >= 4 is 5.91 Å². The second-order valence-corrected chi connectivity index (χ2v) is 6.45. The van der Waals surface area contributed by atoms with Gasteiger partial charge in [-0.15, -0.1) is 0 Å².